The first-order chi connectivity index (χ1) is 8.54. The first-order valence-corrected chi connectivity index (χ1v) is 6.92. The molecule has 0 radical (unpaired) electrons. The topological polar surface area (TPSA) is 21.3 Å². The molecule has 1 aliphatic carbocycles. The fourth-order valence-corrected chi connectivity index (χ4v) is 2.31. The van der Waals surface area contributed by atoms with Crippen LogP contribution in [0.25, 0.3) is 0 Å². The number of alkyl halides is 3. The molecule has 1 aliphatic rings. The summed E-state index contributed by atoms with van der Waals surface area (Å²) in [5, 5.41) is 3.28. The molecule has 0 saturated heterocycles. The smallest absolute Gasteiger partial charge is 0.380 e. The van der Waals surface area contributed by atoms with Crippen LogP contribution in [0, 0.1) is 5.92 Å². The minimum Gasteiger partial charge on any atom is -0.380 e. The fraction of sp³-hybridized carbons (Fsp3) is 1.00. The minimum absolute atomic E-state index is 0.235. The summed E-state index contributed by atoms with van der Waals surface area (Å²) in [6.45, 7) is 4.28. The van der Waals surface area contributed by atoms with Gasteiger partial charge in [-0.3, -0.25) is 0 Å². The van der Waals surface area contributed by atoms with Crippen molar-refractivity contribution in [3.63, 3.8) is 0 Å². The molecular formula is C13H24F3NO. The van der Waals surface area contributed by atoms with E-state index in [-0.39, 0.29) is 18.9 Å². The highest BCUT2D eigenvalue weighted by Crippen LogP contribution is 2.37. The fourth-order valence-electron chi connectivity index (χ4n) is 2.31. The normalized spacial score (nSPS) is 25.3. The molecule has 0 atom stereocenters. The molecule has 0 amide bonds. The highest BCUT2D eigenvalue weighted by atomic mass is 19.4. The van der Waals surface area contributed by atoms with Gasteiger partial charge in [-0.15, -0.1) is 0 Å². The van der Waals surface area contributed by atoms with E-state index in [2.05, 4.69) is 12.2 Å². The van der Waals surface area contributed by atoms with Crippen molar-refractivity contribution in [2.45, 2.75) is 57.7 Å². The molecule has 1 saturated carbocycles. The van der Waals surface area contributed by atoms with Crippen LogP contribution in [0.4, 0.5) is 13.2 Å². The number of nitrogens with one attached hydrogen (secondary N) is 1. The average Bonchev–Trinajstić information content (AvgIpc) is 2.33. The van der Waals surface area contributed by atoms with Gasteiger partial charge in [0, 0.05) is 19.2 Å². The maximum Gasteiger partial charge on any atom is 0.391 e. The summed E-state index contributed by atoms with van der Waals surface area (Å²) >= 11 is 0. The number of unbranched alkanes of at least 4 members (excludes halogenated alkanes) is 1. The van der Waals surface area contributed by atoms with Crippen molar-refractivity contribution in [3.8, 4) is 0 Å². The Morgan fingerprint density at radius 3 is 2.33 bits per heavy atom. The van der Waals surface area contributed by atoms with Gasteiger partial charge in [0.1, 0.15) is 0 Å². The van der Waals surface area contributed by atoms with Gasteiger partial charge < -0.3 is 10.1 Å². The van der Waals surface area contributed by atoms with Crippen LogP contribution in [-0.2, 0) is 4.74 Å². The summed E-state index contributed by atoms with van der Waals surface area (Å²) in [5.74, 6) is -1.09. The Labute approximate surface area is 107 Å². The lowest BCUT2D eigenvalue weighted by Crippen LogP contribution is -2.38. The number of ether oxygens (including phenoxy) is 1. The molecule has 108 valence electrons. The maximum absolute atomic E-state index is 12.5. The van der Waals surface area contributed by atoms with E-state index in [1.807, 2.05) is 0 Å². The molecule has 5 heteroatoms. The highest BCUT2D eigenvalue weighted by Gasteiger charge is 2.41. The summed E-state index contributed by atoms with van der Waals surface area (Å²) in [5.41, 5.74) is 0. The van der Waals surface area contributed by atoms with Crippen LogP contribution in [0.15, 0.2) is 0 Å². The minimum atomic E-state index is -4.01. The lowest BCUT2D eigenvalue weighted by Gasteiger charge is -2.30. The van der Waals surface area contributed by atoms with E-state index in [0.29, 0.717) is 19.4 Å². The number of hydrogen-bond acceptors (Lipinski definition) is 2. The monoisotopic (exact) mass is 267 g/mol. The average molecular weight is 267 g/mol. The van der Waals surface area contributed by atoms with Gasteiger partial charge in [-0.25, -0.2) is 0 Å². The van der Waals surface area contributed by atoms with E-state index in [1.165, 1.54) is 0 Å². The van der Waals surface area contributed by atoms with Gasteiger partial charge in [0.2, 0.25) is 0 Å². The van der Waals surface area contributed by atoms with Crippen LogP contribution in [0.3, 0.4) is 0 Å². The van der Waals surface area contributed by atoms with Crippen molar-refractivity contribution in [3.05, 3.63) is 0 Å². The third-order valence-electron chi connectivity index (χ3n) is 3.51. The van der Waals surface area contributed by atoms with E-state index in [1.54, 1.807) is 0 Å². The number of rotatable bonds is 7. The Morgan fingerprint density at radius 1 is 1.11 bits per heavy atom. The second-order valence-electron chi connectivity index (χ2n) is 5.01. The Balaban J connectivity index is 2.02. The van der Waals surface area contributed by atoms with E-state index in [4.69, 9.17) is 4.74 Å². The summed E-state index contributed by atoms with van der Waals surface area (Å²) in [6.07, 6.45) is -0.0478. The zero-order chi connectivity index (χ0) is 13.4. The van der Waals surface area contributed by atoms with E-state index >= 15 is 0 Å². The van der Waals surface area contributed by atoms with Crippen molar-refractivity contribution in [1.29, 1.82) is 0 Å². The van der Waals surface area contributed by atoms with Gasteiger partial charge in [-0.2, -0.15) is 13.2 Å². The molecule has 1 fully saturated rings. The molecule has 0 aromatic rings. The van der Waals surface area contributed by atoms with Crippen molar-refractivity contribution in [1.82, 2.24) is 5.32 Å². The van der Waals surface area contributed by atoms with Gasteiger partial charge in [0.05, 0.1) is 12.5 Å². The van der Waals surface area contributed by atoms with Gasteiger partial charge in [-0.05, 0) is 32.1 Å². The van der Waals surface area contributed by atoms with Crippen LogP contribution in [0.5, 0.6) is 0 Å². The molecular weight excluding hydrogens is 243 g/mol. The molecule has 0 aliphatic heterocycles. The van der Waals surface area contributed by atoms with Crippen molar-refractivity contribution < 1.29 is 17.9 Å². The zero-order valence-electron chi connectivity index (χ0n) is 11.1. The van der Waals surface area contributed by atoms with Crippen molar-refractivity contribution in [2.24, 2.45) is 5.92 Å². The molecule has 0 aromatic heterocycles. The SMILES string of the molecule is CCCCOCCNC1CCC(C(F)(F)F)CC1. The zero-order valence-corrected chi connectivity index (χ0v) is 11.1. The lowest BCUT2D eigenvalue weighted by atomic mass is 9.85. The third kappa shape index (κ3) is 6.05. The summed E-state index contributed by atoms with van der Waals surface area (Å²) in [7, 11) is 0. The first kappa shape index (κ1) is 15.8. The van der Waals surface area contributed by atoms with Gasteiger partial charge in [0.25, 0.3) is 0 Å². The maximum atomic E-state index is 12.5. The molecule has 0 unspecified atom stereocenters. The largest absolute Gasteiger partial charge is 0.391 e. The van der Waals surface area contributed by atoms with Crippen LogP contribution >= 0.6 is 0 Å². The Kier molecular flexibility index (Phi) is 7.00. The molecule has 2 nitrogen and oxygen atoms in total. The van der Waals surface area contributed by atoms with Crippen LogP contribution in [0.2, 0.25) is 0 Å². The summed E-state index contributed by atoms with van der Waals surface area (Å²) in [4.78, 5) is 0. The highest BCUT2D eigenvalue weighted by molar-refractivity contribution is 4.80. The van der Waals surface area contributed by atoms with E-state index in [0.717, 1.165) is 26.0 Å². The summed E-state index contributed by atoms with van der Waals surface area (Å²) in [6, 6.07) is 0.235. The van der Waals surface area contributed by atoms with Crippen LogP contribution in [-0.4, -0.2) is 32.0 Å². The summed E-state index contributed by atoms with van der Waals surface area (Å²) < 4.78 is 42.8. The van der Waals surface area contributed by atoms with E-state index in [9.17, 15) is 13.2 Å². The van der Waals surface area contributed by atoms with Crippen LogP contribution < -0.4 is 5.32 Å². The molecule has 18 heavy (non-hydrogen) atoms. The Hall–Kier alpha value is -0.290. The predicted molar refractivity (Wildman–Crippen MR) is 65.5 cm³/mol. The molecule has 0 spiro atoms. The van der Waals surface area contributed by atoms with Gasteiger partial charge in [0.15, 0.2) is 0 Å². The van der Waals surface area contributed by atoms with Crippen molar-refractivity contribution >= 4 is 0 Å². The predicted octanol–water partition coefficient (Wildman–Crippen LogP) is 3.51. The number of halogens is 3. The Morgan fingerprint density at radius 2 is 1.78 bits per heavy atom. The Bertz CT molecular complexity index is 213. The quantitative estimate of drug-likeness (QED) is 0.713. The van der Waals surface area contributed by atoms with Crippen molar-refractivity contribution in [2.75, 3.05) is 19.8 Å². The molecule has 1 rings (SSSR count). The lowest BCUT2D eigenvalue weighted by molar-refractivity contribution is -0.182. The molecule has 0 bridgehead atoms. The van der Waals surface area contributed by atoms with Crippen LogP contribution in [0.1, 0.15) is 45.4 Å². The second kappa shape index (κ2) is 8.00. The third-order valence-corrected chi connectivity index (χ3v) is 3.51. The standard InChI is InChI=1S/C13H24F3NO/c1-2-3-9-18-10-8-17-12-6-4-11(5-7-12)13(14,15)16/h11-12,17H,2-10H2,1H3. The van der Waals surface area contributed by atoms with E-state index < -0.39 is 12.1 Å². The molecule has 1 N–H and O–H groups in total. The van der Waals surface area contributed by atoms with Gasteiger partial charge >= 0.3 is 6.18 Å². The first-order valence-electron chi connectivity index (χ1n) is 6.92. The molecule has 0 aromatic carbocycles. The van der Waals surface area contributed by atoms with Gasteiger partial charge in [-0.1, -0.05) is 13.3 Å². The molecule has 0 heterocycles. The second-order valence-corrected chi connectivity index (χ2v) is 5.01. The number of hydrogen-bond donors (Lipinski definition) is 1.